The van der Waals surface area contributed by atoms with Crippen molar-refractivity contribution < 1.29 is 4.39 Å². The third-order valence-corrected chi connectivity index (χ3v) is 3.32. The molecule has 1 aromatic heterocycles. The minimum atomic E-state index is -0.420. The van der Waals surface area contributed by atoms with Gasteiger partial charge in [0.25, 0.3) is 0 Å². The molecule has 1 aromatic carbocycles. The van der Waals surface area contributed by atoms with Crippen molar-refractivity contribution in [1.29, 1.82) is 0 Å². The Morgan fingerprint density at radius 2 is 2.17 bits per heavy atom. The average molecular weight is 268 g/mol. The number of imidazole rings is 1. The molecule has 0 aliphatic rings. The normalized spacial score (nSPS) is 10.9. The van der Waals surface area contributed by atoms with Gasteiger partial charge in [-0.15, -0.1) is 0 Å². The summed E-state index contributed by atoms with van der Waals surface area (Å²) in [5, 5.41) is 0.109. The van der Waals surface area contributed by atoms with Gasteiger partial charge in [0.2, 0.25) is 0 Å². The lowest BCUT2D eigenvalue weighted by atomic mass is 10.1. The van der Waals surface area contributed by atoms with E-state index in [0.29, 0.717) is 13.0 Å². The molecular formula is C13H15ClFN3. The van der Waals surface area contributed by atoms with Gasteiger partial charge in [0.1, 0.15) is 11.6 Å². The predicted octanol–water partition coefficient (Wildman–Crippen LogP) is 2.69. The van der Waals surface area contributed by atoms with Gasteiger partial charge in [-0.25, -0.2) is 9.37 Å². The molecule has 2 rings (SSSR count). The van der Waals surface area contributed by atoms with E-state index in [4.69, 9.17) is 17.3 Å². The van der Waals surface area contributed by atoms with Gasteiger partial charge in [0.15, 0.2) is 0 Å². The van der Waals surface area contributed by atoms with Crippen LogP contribution in [0, 0.1) is 12.7 Å². The van der Waals surface area contributed by atoms with Crippen molar-refractivity contribution in [2.75, 3.05) is 6.54 Å². The number of aromatic nitrogens is 2. The number of hydrogen-bond donors (Lipinski definition) is 1. The molecule has 0 radical (unpaired) electrons. The van der Waals surface area contributed by atoms with E-state index in [1.54, 1.807) is 12.1 Å². The smallest absolute Gasteiger partial charge is 0.141 e. The number of hydrogen-bond acceptors (Lipinski definition) is 2. The fourth-order valence-corrected chi connectivity index (χ4v) is 2.09. The van der Waals surface area contributed by atoms with Crippen molar-refractivity contribution in [2.45, 2.75) is 13.3 Å². The summed E-state index contributed by atoms with van der Waals surface area (Å²) >= 11 is 5.79. The zero-order valence-electron chi connectivity index (χ0n) is 10.4. The molecule has 96 valence electrons. The van der Waals surface area contributed by atoms with Crippen LogP contribution in [0.1, 0.15) is 11.5 Å². The number of benzene rings is 1. The van der Waals surface area contributed by atoms with Crippen LogP contribution in [-0.4, -0.2) is 16.1 Å². The molecule has 1 heterocycles. The van der Waals surface area contributed by atoms with Gasteiger partial charge < -0.3 is 10.3 Å². The van der Waals surface area contributed by atoms with Crippen LogP contribution < -0.4 is 5.73 Å². The molecule has 0 fully saturated rings. The number of rotatable bonds is 3. The van der Waals surface area contributed by atoms with Crippen LogP contribution in [0.4, 0.5) is 4.39 Å². The van der Waals surface area contributed by atoms with Crippen LogP contribution >= 0.6 is 11.6 Å². The van der Waals surface area contributed by atoms with Crippen LogP contribution in [0.5, 0.6) is 0 Å². The molecule has 0 spiro atoms. The Labute approximate surface area is 110 Å². The molecule has 0 amide bonds. The molecule has 0 saturated carbocycles. The molecule has 0 aliphatic carbocycles. The standard InChI is InChI=1S/C13H15ClFN3/c1-8-13(17-12(5-6-16)18(8)2)9-3-4-11(15)10(14)7-9/h3-4,7H,5-6,16H2,1-2H3. The molecule has 0 atom stereocenters. The van der Waals surface area contributed by atoms with E-state index in [1.165, 1.54) is 6.07 Å². The summed E-state index contributed by atoms with van der Waals surface area (Å²) in [5.74, 6) is 0.502. The van der Waals surface area contributed by atoms with E-state index in [9.17, 15) is 4.39 Å². The van der Waals surface area contributed by atoms with Crippen LogP contribution in [-0.2, 0) is 13.5 Å². The average Bonchev–Trinajstić information content (AvgIpc) is 2.62. The van der Waals surface area contributed by atoms with E-state index in [0.717, 1.165) is 22.8 Å². The predicted molar refractivity (Wildman–Crippen MR) is 71.1 cm³/mol. The molecular weight excluding hydrogens is 253 g/mol. The Bertz CT molecular complexity index is 578. The highest BCUT2D eigenvalue weighted by Gasteiger charge is 2.13. The lowest BCUT2D eigenvalue weighted by Gasteiger charge is -2.02. The lowest BCUT2D eigenvalue weighted by Crippen LogP contribution is -2.08. The van der Waals surface area contributed by atoms with Crippen LogP contribution in [0.15, 0.2) is 18.2 Å². The maximum atomic E-state index is 13.1. The molecule has 3 nitrogen and oxygen atoms in total. The van der Waals surface area contributed by atoms with E-state index in [1.807, 2.05) is 18.5 Å². The quantitative estimate of drug-likeness (QED) is 0.929. The lowest BCUT2D eigenvalue weighted by molar-refractivity contribution is 0.628. The Morgan fingerprint density at radius 1 is 1.44 bits per heavy atom. The summed E-state index contributed by atoms with van der Waals surface area (Å²) < 4.78 is 15.1. The summed E-state index contributed by atoms with van der Waals surface area (Å²) in [5.41, 5.74) is 8.20. The first kappa shape index (κ1) is 13.1. The van der Waals surface area contributed by atoms with Gasteiger partial charge in [-0.1, -0.05) is 11.6 Å². The van der Waals surface area contributed by atoms with Crippen molar-refractivity contribution in [1.82, 2.24) is 9.55 Å². The number of nitrogens with zero attached hydrogens (tertiary/aromatic N) is 2. The minimum absolute atomic E-state index is 0.109. The maximum absolute atomic E-state index is 13.1. The second-order valence-corrected chi connectivity index (χ2v) is 4.60. The van der Waals surface area contributed by atoms with Crippen molar-refractivity contribution in [3.05, 3.63) is 40.6 Å². The van der Waals surface area contributed by atoms with Crippen molar-refractivity contribution in [3.8, 4) is 11.3 Å². The zero-order chi connectivity index (χ0) is 13.3. The first-order valence-corrected chi connectivity index (χ1v) is 6.10. The monoisotopic (exact) mass is 267 g/mol. The summed E-state index contributed by atoms with van der Waals surface area (Å²) in [6, 6.07) is 4.63. The van der Waals surface area contributed by atoms with Gasteiger partial charge in [-0.2, -0.15) is 0 Å². The summed E-state index contributed by atoms with van der Waals surface area (Å²) in [7, 11) is 1.95. The van der Waals surface area contributed by atoms with E-state index < -0.39 is 5.82 Å². The SMILES string of the molecule is Cc1c(-c2ccc(F)c(Cl)c2)nc(CCN)n1C. The Morgan fingerprint density at radius 3 is 2.78 bits per heavy atom. The Balaban J connectivity index is 2.50. The van der Waals surface area contributed by atoms with Gasteiger partial charge in [-0.3, -0.25) is 0 Å². The topological polar surface area (TPSA) is 43.8 Å². The molecule has 0 bridgehead atoms. The van der Waals surface area contributed by atoms with Crippen LogP contribution in [0.2, 0.25) is 5.02 Å². The first-order chi connectivity index (χ1) is 8.54. The van der Waals surface area contributed by atoms with E-state index >= 15 is 0 Å². The summed E-state index contributed by atoms with van der Waals surface area (Å²) in [6.07, 6.45) is 0.715. The molecule has 2 N–H and O–H groups in total. The highest BCUT2D eigenvalue weighted by molar-refractivity contribution is 6.31. The molecule has 18 heavy (non-hydrogen) atoms. The van der Waals surface area contributed by atoms with Gasteiger partial charge in [-0.05, 0) is 31.7 Å². The van der Waals surface area contributed by atoms with Crippen molar-refractivity contribution in [2.24, 2.45) is 12.8 Å². The first-order valence-electron chi connectivity index (χ1n) is 5.72. The van der Waals surface area contributed by atoms with Crippen molar-refractivity contribution in [3.63, 3.8) is 0 Å². The largest absolute Gasteiger partial charge is 0.335 e. The highest BCUT2D eigenvalue weighted by atomic mass is 35.5. The zero-order valence-corrected chi connectivity index (χ0v) is 11.1. The van der Waals surface area contributed by atoms with Crippen molar-refractivity contribution >= 4 is 11.6 Å². The molecule has 0 unspecified atom stereocenters. The highest BCUT2D eigenvalue weighted by Crippen LogP contribution is 2.27. The van der Waals surface area contributed by atoms with E-state index in [2.05, 4.69) is 4.98 Å². The van der Waals surface area contributed by atoms with Gasteiger partial charge in [0, 0.05) is 24.7 Å². The van der Waals surface area contributed by atoms with E-state index in [-0.39, 0.29) is 5.02 Å². The van der Waals surface area contributed by atoms with Crippen LogP contribution in [0.25, 0.3) is 11.3 Å². The third kappa shape index (κ3) is 2.26. The van der Waals surface area contributed by atoms with Crippen LogP contribution in [0.3, 0.4) is 0 Å². The maximum Gasteiger partial charge on any atom is 0.141 e. The second kappa shape index (κ2) is 5.08. The Kier molecular flexibility index (Phi) is 3.68. The third-order valence-electron chi connectivity index (χ3n) is 3.03. The second-order valence-electron chi connectivity index (χ2n) is 4.19. The fraction of sp³-hybridized carbons (Fsp3) is 0.308. The van der Waals surface area contributed by atoms with Gasteiger partial charge in [0.05, 0.1) is 10.7 Å². The summed E-state index contributed by atoms with van der Waals surface area (Å²) in [6.45, 7) is 2.52. The summed E-state index contributed by atoms with van der Waals surface area (Å²) in [4.78, 5) is 4.54. The minimum Gasteiger partial charge on any atom is -0.335 e. The molecule has 0 aliphatic heterocycles. The Hall–Kier alpha value is -1.39. The number of nitrogens with two attached hydrogens (primary N) is 1. The molecule has 5 heteroatoms. The molecule has 2 aromatic rings. The fourth-order valence-electron chi connectivity index (χ4n) is 1.91. The molecule has 0 saturated heterocycles. The van der Waals surface area contributed by atoms with Gasteiger partial charge >= 0.3 is 0 Å². The number of halogens is 2.